The Labute approximate surface area is 86.9 Å². The third-order valence-electron chi connectivity index (χ3n) is 1.53. The van der Waals surface area contributed by atoms with Crippen LogP contribution in [0.25, 0.3) is 0 Å². The van der Waals surface area contributed by atoms with E-state index in [0.29, 0.717) is 13.2 Å². The lowest BCUT2D eigenvalue weighted by atomic mass is 10.5. The first kappa shape index (κ1) is 13.8. The molecule has 0 aromatic carbocycles. The van der Waals surface area contributed by atoms with Crippen molar-refractivity contribution >= 4 is 0 Å². The smallest absolute Gasteiger partial charge is 0.314 e. The van der Waals surface area contributed by atoms with E-state index in [2.05, 4.69) is 5.32 Å². The predicted molar refractivity (Wildman–Crippen MR) is 55.9 cm³/mol. The fraction of sp³-hybridized carbons (Fsp3) is 1.00. The van der Waals surface area contributed by atoms with E-state index in [-0.39, 0.29) is 6.10 Å². The van der Waals surface area contributed by atoms with Crippen molar-refractivity contribution in [2.24, 2.45) is 0 Å². The summed E-state index contributed by atoms with van der Waals surface area (Å²) >= 11 is 0. The van der Waals surface area contributed by atoms with Crippen molar-refractivity contribution in [1.82, 2.24) is 5.32 Å². The Hall–Kier alpha value is -0.160. The standard InChI is InChI=1S/C10H23NO3/c1-6-8-13-10(11-5,12-7-2)14-9(3)4/h9,11H,6-8H2,1-5H3. The highest BCUT2D eigenvalue weighted by Gasteiger charge is 2.32. The van der Waals surface area contributed by atoms with Crippen molar-refractivity contribution in [2.45, 2.75) is 46.3 Å². The van der Waals surface area contributed by atoms with Gasteiger partial charge in [-0.3, -0.25) is 0 Å². The van der Waals surface area contributed by atoms with Crippen LogP contribution in [0.15, 0.2) is 0 Å². The van der Waals surface area contributed by atoms with Crippen LogP contribution in [0.5, 0.6) is 0 Å². The lowest BCUT2D eigenvalue weighted by Crippen LogP contribution is -2.52. The Kier molecular flexibility index (Phi) is 7.09. The largest absolute Gasteiger partial charge is 0.350 e. The fourth-order valence-corrected chi connectivity index (χ4v) is 1.05. The topological polar surface area (TPSA) is 39.7 Å². The first-order valence-corrected chi connectivity index (χ1v) is 5.24. The van der Waals surface area contributed by atoms with Crippen molar-refractivity contribution in [3.63, 3.8) is 0 Å². The number of hydrogen-bond acceptors (Lipinski definition) is 4. The summed E-state index contributed by atoms with van der Waals surface area (Å²) in [6, 6.07) is 0. The van der Waals surface area contributed by atoms with Crippen molar-refractivity contribution < 1.29 is 14.2 Å². The Balaban J connectivity index is 4.26. The van der Waals surface area contributed by atoms with E-state index in [1.54, 1.807) is 7.05 Å². The second-order valence-corrected chi connectivity index (χ2v) is 3.25. The van der Waals surface area contributed by atoms with Crippen molar-refractivity contribution in [3.8, 4) is 0 Å². The molecule has 0 spiro atoms. The van der Waals surface area contributed by atoms with Crippen LogP contribution < -0.4 is 5.32 Å². The number of rotatable bonds is 8. The van der Waals surface area contributed by atoms with Crippen molar-refractivity contribution in [3.05, 3.63) is 0 Å². The molecule has 0 radical (unpaired) electrons. The molecule has 4 heteroatoms. The molecule has 0 heterocycles. The molecule has 86 valence electrons. The molecule has 0 aliphatic rings. The Morgan fingerprint density at radius 3 is 2.21 bits per heavy atom. The molecule has 0 aromatic rings. The van der Waals surface area contributed by atoms with Gasteiger partial charge in [0.25, 0.3) is 0 Å². The Bertz CT molecular complexity index is 141. The zero-order chi connectivity index (χ0) is 11.0. The molecule has 0 saturated carbocycles. The predicted octanol–water partition coefficient (Wildman–Crippen LogP) is 1.71. The van der Waals surface area contributed by atoms with E-state index in [4.69, 9.17) is 14.2 Å². The highest BCUT2D eigenvalue weighted by molar-refractivity contribution is 4.53. The molecular weight excluding hydrogens is 182 g/mol. The molecule has 1 atom stereocenters. The van der Waals surface area contributed by atoms with E-state index < -0.39 is 6.10 Å². The van der Waals surface area contributed by atoms with Crippen LogP contribution in [0.3, 0.4) is 0 Å². The maximum Gasteiger partial charge on any atom is 0.350 e. The van der Waals surface area contributed by atoms with Gasteiger partial charge in [0.1, 0.15) is 0 Å². The first-order valence-electron chi connectivity index (χ1n) is 5.24. The van der Waals surface area contributed by atoms with Crippen LogP contribution in [-0.4, -0.2) is 32.5 Å². The van der Waals surface area contributed by atoms with Gasteiger partial charge in [-0.15, -0.1) is 0 Å². The third kappa shape index (κ3) is 4.91. The fourth-order valence-electron chi connectivity index (χ4n) is 1.05. The van der Waals surface area contributed by atoms with Crippen LogP contribution in [0.1, 0.15) is 34.1 Å². The summed E-state index contributed by atoms with van der Waals surface area (Å²) in [4.78, 5) is 0. The zero-order valence-electron chi connectivity index (χ0n) is 9.92. The van der Waals surface area contributed by atoms with Gasteiger partial charge in [0.15, 0.2) is 0 Å². The number of nitrogens with one attached hydrogen (secondary N) is 1. The van der Waals surface area contributed by atoms with Crippen LogP contribution in [-0.2, 0) is 14.2 Å². The summed E-state index contributed by atoms with van der Waals surface area (Å²) < 4.78 is 16.5. The maximum absolute atomic E-state index is 5.57. The summed E-state index contributed by atoms with van der Waals surface area (Å²) in [5.74, 6) is 0. The monoisotopic (exact) mass is 205 g/mol. The van der Waals surface area contributed by atoms with E-state index in [1.807, 2.05) is 27.7 Å². The van der Waals surface area contributed by atoms with Gasteiger partial charge in [0, 0.05) is 0 Å². The van der Waals surface area contributed by atoms with Gasteiger partial charge < -0.3 is 14.2 Å². The molecule has 0 aliphatic heterocycles. The highest BCUT2D eigenvalue weighted by atomic mass is 16.9. The minimum atomic E-state index is -1.08. The van der Waals surface area contributed by atoms with Gasteiger partial charge in [0.05, 0.1) is 19.3 Å². The van der Waals surface area contributed by atoms with Gasteiger partial charge >= 0.3 is 6.10 Å². The number of ether oxygens (including phenoxy) is 3. The molecule has 0 aliphatic carbocycles. The molecule has 0 amide bonds. The van der Waals surface area contributed by atoms with Crippen LogP contribution in [0.4, 0.5) is 0 Å². The molecule has 0 aromatic heterocycles. The Morgan fingerprint density at radius 2 is 1.86 bits per heavy atom. The summed E-state index contributed by atoms with van der Waals surface area (Å²) in [5.41, 5.74) is 0. The molecule has 1 unspecified atom stereocenters. The minimum absolute atomic E-state index is 0.0471. The first-order chi connectivity index (χ1) is 6.60. The average Bonchev–Trinajstić information content (AvgIpc) is 2.14. The quantitative estimate of drug-likeness (QED) is 0.612. The van der Waals surface area contributed by atoms with E-state index >= 15 is 0 Å². The lowest BCUT2D eigenvalue weighted by molar-refractivity contribution is -0.403. The van der Waals surface area contributed by atoms with Crippen LogP contribution >= 0.6 is 0 Å². The minimum Gasteiger partial charge on any atom is -0.314 e. The molecule has 14 heavy (non-hydrogen) atoms. The third-order valence-corrected chi connectivity index (χ3v) is 1.53. The second kappa shape index (κ2) is 7.17. The molecule has 0 saturated heterocycles. The van der Waals surface area contributed by atoms with Crippen molar-refractivity contribution in [2.75, 3.05) is 20.3 Å². The molecule has 0 fully saturated rings. The zero-order valence-corrected chi connectivity index (χ0v) is 9.92. The average molecular weight is 205 g/mol. The van der Waals surface area contributed by atoms with Crippen LogP contribution in [0, 0.1) is 0 Å². The maximum atomic E-state index is 5.57. The molecule has 0 rings (SSSR count). The summed E-state index contributed by atoms with van der Waals surface area (Å²) in [7, 11) is 1.76. The summed E-state index contributed by atoms with van der Waals surface area (Å²) in [6.45, 7) is 8.98. The second-order valence-electron chi connectivity index (χ2n) is 3.25. The van der Waals surface area contributed by atoms with Crippen LogP contribution in [0.2, 0.25) is 0 Å². The lowest BCUT2D eigenvalue weighted by Gasteiger charge is -2.33. The SMILES string of the molecule is CCCOC(NC)(OCC)OC(C)C. The summed E-state index contributed by atoms with van der Waals surface area (Å²) in [5, 5.41) is 2.92. The Morgan fingerprint density at radius 1 is 1.21 bits per heavy atom. The normalized spacial score (nSPS) is 15.9. The van der Waals surface area contributed by atoms with Gasteiger partial charge in [0.2, 0.25) is 0 Å². The molecule has 1 N–H and O–H groups in total. The number of hydrogen-bond donors (Lipinski definition) is 1. The van der Waals surface area contributed by atoms with E-state index in [9.17, 15) is 0 Å². The van der Waals surface area contributed by atoms with Crippen molar-refractivity contribution in [1.29, 1.82) is 0 Å². The molecule has 4 nitrogen and oxygen atoms in total. The van der Waals surface area contributed by atoms with E-state index in [0.717, 1.165) is 6.42 Å². The van der Waals surface area contributed by atoms with Gasteiger partial charge in [-0.05, 0) is 34.2 Å². The van der Waals surface area contributed by atoms with Gasteiger partial charge in [-0.25, -0.2) is 5.32 Å². The molecule has 0 bridgehead atoms. The summed E-state index contributed by atoms with van der Waals surface area (Å²) in [6.07, 6.45) is -0.109. The van der Waals surface area contributed by atoms with E-state index in [1.165, 1.54) is 0 Å². The van der Waals surface area contributed by atoms with Gasteiger partial charge in [-0.1, -0.05) is 6.92 Å². The molecular formula is C10H23NO3. The highest BCUT2D eigenvalue weighted by Crippen LogP contribution is 2.14. The van der Waals surface area contributed by atoms with Gasteiger partial charge in [-0.2, -0.15) is 0 Å².